The Morgan fingerprint density at radius 2 is 2.38 bits per heavy atom. The van der Waals surface area contributed by atoms with Gasteiger partial charge in [-0.3, -0.25) is 9.48 Å². The van der Waals surface area contributed by atoms with Gasteiger partial charge >= 0.3 is 5.97 Å². The van der Waals surface area contributed by atoms with Crippen LogP contribution in [0.15, 0.2) is 12.4 Å². The lowest BCUT2D eigenvalue weighted by molar-refractivity contribution is -0.139. The van der Waals surface area contributed by atoms with Crippen molar-refractivity contribution in [3.8, 4) is 0 Å². The van der Waals surface area contributed by atoms with Gasteiger partial charge in [0.15, 0.2) is 0 Å². The van der Waals surface area contributed by atoms with Crippen molar-refractivity contribution >= 4 is 17.6 Å². The standard InChI is InChI=1S/C8H11ClN2O2/c1-8(2,3-7(12)13)11-5-6(9)4-10-11/h4-5H,3H2,1-2H3,(H,12,13). The second-order valence-electron chi connectivity index (χ2n) is 3.49. The molecule has 1 aromatic heterocycles. The summed E-state index contributed by atoms with van der Waals surface area (Å²) >= 11 is 5.67. The molecule has 0 aliphatic carbocycles. The molecule has 1 rings (SSSR count). The van der Waals surface area contributed by atoms with Crippen LogP contribution in [-0.4, -0.2) is 20.9 Å². The van der Waals surface area contributed by atoms with Gasteiger partial charge in [-0.25, -0.2) is 0 Å². The second kappa shape index (κ2) is 3.38. The summed E-state index contributed by atoms with van der Waals surface area (Å²) in [5.41, 5.74) is -0.543. The highest BCUT2D eigenvalue weighted by Crippen LogP contribution is 2.20. The summed E-state index contributed by atoms with van der Waals surface area (Å²) in [7, 11) is 0. The van der Waals surface area contributed by atoms with Crippen molar-refractivity contribution in [2.45, 2.75) is 25.8 Å². The Morgan fingerprint density at radius 1 is 1.77 bits per heavy atom. The molecule has 0 aliphatic heterocycles. The van der Waals surface area contributed by atoms with Gasteiger partial charge in [-0.2, -0.15) is 5.10 Å². The minimum atomic E-state index is -0.850. The zero-order valence-electron chi connectivity index (χ0n) is 7.49. The zero-order valence-corrected chi connectivity index (χ0v) is 8.25. The van der Waals surface area contributed by atoms with Gasteiger partial charge in [-0.15, -0.1) is 0 Å². The van der Waals surface area contributed by atoms with Gasteiger partial charge in [0.05, 0.1) is 23.2 Å². The first-order valence-corrected chi connectivity index (χ1v) is 4.22. The fourth-order valence-corrected chi connectivity index (χ4v) is 1.22. The fourth-order valence-electron chi connectivity index (χ4n) is 1.08. The normalized spacial score (nSPS) is 11.6. The van der Waals surface area contributed by atoms with Crippen LogP contribution in [0.25, 0.3) is 0 Å². The third-order valence-electron chi connectivity index (χ3n) is 1.76. The van der Waals surface area contributed by atoms with Gasteiger partial charge in [-0.1, -0.05) is 11.6 Å². The van der Waals surface area contributed by atoms with Gasteiger partial charge in [-0.05, 0) is 13.8 Å². The van der Waals surface area contributed by atoms with E-state index in [0.717, 1.165) is 0 Å². The lowest BCUT2D eigenvalue weighted by Gasteiger charge is -2.22. The quantitative estimate of drug-likeness (QED) is 0.813. The molecule has 0 amide bonds. The topological polar surface area (TPSA) is 55.1 Å². The van der Waals surface area contributed by atoms with Crippen LogP contribution in [0.5, 0.6) is 0 Å². The Hall–Kier alpha value is -1.03. The SMILES string of the molecule is CC(C)(CC(=O)O)n1cc(Cl)cn1. The zero-order chi connectivity index (χ0) is 10.1. The number of hydrogen-bond acceptors (Lipinski definition) is 2. The molecule has 5 heteroatoms. The fraction of sp³-hybridized carbons (Fsp3) is 0.500. The number of carboxylic acids is 1. The first-order valence-electron chi connectivity index (χ1n) is 3.84. The molecule has 0 atom stereocenters. The average molecular weight is 203 g/mol. The highest BCUT2D eigenvalue weighted by molar-refractivity contribution is 6.30. The maximum absolute atomic E-state index is 10.5. The van der Waals surface area contributed by atoms with Crippen molar-refractivity contribution in [3.05, 3.63) is 17.4 Å². The van der Waals surface area contributed by atoms with Gasteiger partial charge < -0.3 is 5.11 Å². The van der Waals surface area contributed by atoms with E-state index < -0.39 is 11.5 Å². The number of aliphatic carboxylic acids is 1. The average Bonchev–Trinajstić information content (AvgIpc) is 2.32. The first kappa shape index (κ1) is 10.1. The van der Waals surface area contributed by atoms with Crippen molar-refractivity contribution in [3.63, 3.8) is 0 Å². The highest BCUT2D eigenvalue weighted by Gasteiger charge is 2.24. The van der Waals surface area contributed by atoms with E-state index >= 15 is 0 Å². The monoisotopic (exact) mass is 202 g/mol. The molecular weight excluding hydrogens is 192 g/mol. The molecule has 72 valence electrons. The molecule has 0 fully saturated rings. The van der Waals surface area contributed by atoms with Crippen molar-refractivity contribution in [1.82, 2.24) is 9.78 Å². The second-order valence-corrected chi connectivity index (χ2v) is 3.92. The Balaban J connectivity index is 2.86. The summed E-state index contributed by atoms with van der Waals surface area (Å²) < 4.78 is 1.56. The Morgan fingerprint density at radius 3 is 2.77 bits per heavy atom. The van der Waals surface area contributed by atoms with Crippen LogP contribution in [0.3, 0.4) is 0 Å². The van der Waals surface area contributed by atoms with E-state index in [1.807, 2.05) is 0 Å². The van der Waals surface area contributed by atoms with Crippen LogP contribution < -0.4 is 0 Å². The van der Waals surface area contributed by atoms with Crippen LogP contribution in [-0.2, 0) is 10.3 Å². The van der Waals surface area contributed by atoms with Crippen LogP contribution in [0.2, 0.25) is 5.02 Å². The third-order valence-corrected chi connectivity index (χ3v) is 1.95. The predicted octanol–water partition coefficient (Wildman–Crippen LogP) is 1.75. The number of halogens is 1. The van der Waals surface area contributed by atoms with Crippen molar-refractivity contribution < 1.29 is 9.90 Å². The molecule has 0 aliphatic rings. The van der Waals surface area contributed by atoms with Gasteiger partial charge in [0.2, 0.25) is 0 Å². The van der Waals surface area contributed by atoms with E-state index in [0.29, 0.717) is 5.02 Å². The summed E-state index contributed by atoms with van der Waals surface area (Å²) in [5, 5.41) is 13.1. The molecule has 1 aromatic rings. The highest BCUT2D eigenvalue weighted by atomic mass is 35.5. The first-order chi connectivity index (χ1) is 5.92. The summed E-state index contributed by atoms with van der Waals surface area (Å²) in [6, 6.07) is 0. The van der Waals surface area contributed by atoms with E-state index in [1.54, 1.807) is 24.7 Å². The molecule has 0 bridgehead atoms. The van der Waals surface area contributed by atoms with Gasteiger partial charge in [0, 0.05) is 6.20 Å². The minimum Gasteiger partial charge on any atom is -0.481 e. The molecule has 0 spiro atoms. The molecule has 0 radical (unpaired) electrons. The lowest BCUT2D eigenvalue weighted by Crippen LogP contribution is -2.29. The molecular formula is C8H11ClN2O2. The van der Waals surface area contributed by atoms with E-state index in [4.69, 9.17) is 16.7 Å². The van der Waals surface area contributed by atoms with E-state index in [1.165, 1.54) is 6.20 Å². The summed E-state index contributed by atoms with van der Waals surface area (Å²) in [6.07, 6.45) is 3.13. The maximum Gasteiger partial charge on any atom is 0.305 e. The predicted molar refractivity (Wildman–Crippen MR) is 48.8 cm³/mol. The molecule has 0 saturated carbocycles. The Bertz CT molecular complexity index is 320. The molecule has 0 aromatic carbocycles. The van der Waals surface area contributed by atoms with Crippen molar-refractivity contribution in [1.29, 1.82) is 0 Å². The molecule has 4 nitrogen and oxygen atoms in total. The van der Waals surface area contributed by atoms with Crippen LogP contribution in [0.4, 0.5) is 0 Å². The van der Waals surface area contributed by atoms with Gasteiger partial charge in [0.25, 0.3) is 0 Å². The number of hydrogen-bond donors (Lipinski definition) is 1. The van der Waals surface area contributed by atoms with Gasteiger partial charge in [0.1, 0.15) is 0 Å². The van der Waals surface area contributed by atoms with E-state index in [9.17, 15) is 4.79 Å². The molecule has 0 saturated heterocycles. The van der Waals surface area contributed by atoms with Crippen LogP contribution in [0, 0.1) is 0 Å². The van der Waals surface area contributed by atoms with Crippen LogP contribution in [0.1, 0.15) is 20.3 Å². The molecule has 13 heavy (non-hydrogen) atoms. The number of carboxylic acid groups (broad SMARTS) is 1. The smallest absolute Gasteiger partial charge is 0.305 e. The number of carbonyl (C=O) groups is 1. The minimum absolute atomic E-state index is 0.0189. The maximum atomic E-state index is 10.5. The Labute approximate surface area is 81.1 Å². The number of nitrogens with zero attached hydrogens (tertiary/aromatic N) is 2. The van der Waals surface area contributed by atoms with E-state index in [-0.39, 0.29) is 6.42 Å². The largest absolute Gasteiger partial charge is 0.481 e. The molecule has 0 unspecified atom stereocenters. The van der Waals surface area contributed by atoms with Crippen molar-refractivity contribution in [2.75, 3.05) is 0 Å². The number of aromatic nitrogens is 2. The van der Waals surface area contributed by atoms with Crippen molar-refractivity contribution in [2.24, 2.45) is 0 Å². The third kappa shape index (κ3) is 2.45. The van der Waals surface area contributed by atoms with Crippen LogP contribution >= 0.6 is 11.6 Å². The Kier molecular flexibility index (Phi) is 2.61. The van der Waals surface area contributed by atoms with E-state index in [2.05, 4.69) is 5.10 Å². The summed E-state index contributed by atoms with van der Waals surface area (Å²) in [5.74, 6) is -0.850. The summed E-state index contributed by atoms with van der Waals surface area (Å²) in [4.78, 5) is 10.5. The lowest BCUT2D eigenvalue weighted by atomic mass is 10.0. The molecule has 1 heterocycles. The number of rotatable bonds is 3. The summed E-state index contributed by atoms with van der Waals surface area (Å²) in [6.45, 7) is 3.59. The molecule has 1 N–H and O–H groups in total.